The van der Waals surface area contributed by atoms with Gasteiger partial charge < -0.3 is 14.9 Å². The van der Waals surface area contributed by atoms with Gasteiger partial charge in [0.1, 0.15) is 0 Å². The minimum Gasteiger partial charge on any atom is -0.481 e. The van der Waals surface area contributed by atoms with Crippen molar-refractivity contribution >= 4 is 11.9 Å². The van der Waals surface area contributed by atoms with Gasteiger partial charge in [0.25, 0.3) is 0 Å². The Morgan fingerprint density at radius 3 is 2.29 bits per heavy atom. The summed E-state index contributed by atoms with van der Waals surface area (Å²) in [6, 6.07) is 0. The number of carbonyl (C=O) groups excluding carboxylic acids is 1. The lowest BCUT2D eigenvalue weighted by atomic mass is 9.86. The lowest BCUT2D eigenvalue weighted by molar-refractivity contribution is -0.153. The lowest BCUT2D eigenvalue weighted by Gasteiger charge is -2.23. The van der Waals surface area contributed by atoms with Gasteiger partial charge in [0.05, 0.1) is 25.0 Å². The maximum atomic E-state index is 11.2. The van der Waals surface area contributed by atoms with Crippen molar-refractivity contribution in [1.29, 1.82) is 0 Å². The highest BCUT2D eigenvalue weighted by Gasteiger charge is 2.31. The van der Waals surface area contributed by atoms with Crippen molar-refractivity contribution in [1.82, 2.24) is 0 Å². The third kappa shape index (κ3) is 4.23. The number of hydrogen-bond donors (Lipinski definition) is 2. The number of aliphatic carboxylic acids is 1. The number of ether oxygens (including phenoxy) is 1. The van der Waals surface area contributed by atoms with Gasteiger partial charge in [-0.2, -0.15) is 0 Å². The van der Waals surface area contributed by atoms with E-state index in [-0.39, 0.29) is 12.8 Å². The Hall–Kier alpha value is -1.10. The number of carboxylic acid groups (broad SMARTS) is 1. The van der Waals surface area contributed by atoms with Crippen molar-refractivity contribution in [3.63, 3.8) is 0 Å². The monoisotopic (exact) mass is 204 g/mol. The minimum absolute atomic E-state index is 0.0754. The molecule has 5 heteroatoms. The maximum Gasteiger partial charge on any atom is 0.311 e. The summed E-state index contributed by atoms with van der Waals surface area (Å²) < 4.78 is 4.52. The SMILES string of the molecule is COC(=O)C(C)(C)CC(O)CC(=O)O. The van der Waals surface area contributed by atoms with Gasteiger partial charge in [0.2, 0.25) is 0 Å². The standard InChI is InChI=1S/C9H16O5/c1-9(2,8(13)14-3)5-6(10)4-7(11)12/h6,10H,4-5H2,1-3H3,(H,11,12). The first-order chi connectivity index (χ1) is 6.29. The third-order valence-corrected chi connectivity index (χ3v) is 1.89. The number of hydrogen-bond acceptors (Lipinski definition) is 4. The Kier molecular flexibility index (Phi) is 4.56. The van der Waals surface area contributed by atoms with Gasteiger partial charge in [-0.15, -0.1) is 0 Å². The molecule has 0 rings (SSSR count). The van der Waals surface area contributed by atoms with E-state index in [0.717, 1.165) is 0 Å². The van der Waals surface area contributed by atoms with Crippen LogP contribution in [0, 0.1) is 5.41 Å². The third-order valence-electron chi connectivity index (χ3n) is 1.89. The van der Waals surface area contributed by atoms with Gasteiger partial charge in [0.15, 0.2) is 0 Å². The quantitative estimate of drug-likeness (QED) is 0.634. The molecule has 14 heavy (non-hydrogen) atoms. The van der Waals surface area contributed by atoms with Crippen molar-refractivity contribution in [2.24, 2.45) is 5.41 Å². The van der Waals surface area contributed by atoms with E-state index in [2.05, 4.69) is 4.74 Å². The topological polar surface area (TPSA) is 83.8 Å². The molecule has 0 saturated carbocycles. The fraction of sp³-hybridized carbons (Fsp3) is 0.778. The summed E-state index contributed by atoms with van der Waals surface area (Å²) in [4.78, 5) is 21.4. The molecular weight excluding hydrogens is 188 g/mol. The van der Waals surface area contributed by atoms with E-state index in [1.807, 2.05) is 0 Å². The zero-order chi connectivity index (χ0) is 11.4. The molecule has 0 aromatic carbocycles. The molecule has 0 fully saturated rings. The van der Waals surface area contributed by atoms with Gasteiger partial charge >= 0.3 is 11.9 Å². The van der Waals surface area contributed by atoms with Crippen molar-refractivity contribution in [2.45, 2.75) is 32.8 Å². The summed E-state index contributed by atoms with van der Waals surface area (Å²) in [5, 5.41) is 17.7. The van der Waals surface area contributed by atoms with E-state index in [9.17, 15) is 14.7 Å². The molecule has 5 nitrogen and oxygen atoms in total. The average Bonchev–Trinajstić information content (AvgIpc) is 1.99. The second-order valence-corrected chi connectivity index (χ2v) is 3.83. The van der Waals surface area contributed by atoms with Crippen LogP contribution in [0.1, 0.15) is 26.7 Å². The second-order valence-electron chi connectivity index (χ2n) is 3.83. The highest BCUT2D eigenvalue weighted by atomic mass is 16.5. The van der Waals surface area contributed by atoms with E-state index in [1.165, 1.54) is 7.11 Å². The van der Waals surface area contributed by atoms with Crippen LogP contribution < -0.4 is 0 Å². The fourth-order valence-corrected chi connectivity index (χ4v) is 1.22. The van der Waals surface area contributed by atoms with E-state index in [0.29, 0.717) is 0 Å². The van der Waals surface area contributed by atoms with Crippen LogP contribution in [0.25, 0.3) is 0 Å². The van der Waals surface area contributed by atoms with E-state index < -0.39 is 23.5 Å². The molecule has 0 bridgehead atoms. The summed E-state index contributed by atoms with van der Waals surface area (Å²) in [6.07, 6.45) is -1.31. The van der Waals surface area contributed by atoms with Crippen LogP contribution in [0.5, 0.6) is 0 Å². The highest BCUT2D eigenvalue weighted by Crippen LogP contribution is 2.24. The summed E-state index contributed by atoms with van der Waals surface area (Å²) >= 11 is 0. The molecule has 0 saturated heterocycles. The molecule has 0 spiro atoms. The summed E-state index contributed by atoms with van der Waals surface area (Å²) in [5.41, 5.74) is -0.858. The first kappa shape index (κ1) is 12.9. The second kappa shape index (κ2) is 4.95. The lowest BCUT2D eigenvalue weighted by Crippen LogP contribution is -2.31. The van der Waals surface area contributed by atoms with Gasteiger partial charge in [-0.25, -0.2) is 0 Å². The van der Waals surface area contributed by atoms with E-state index in [4.69, 9.17) is 5.11 Å². The molecular formula is C9H16O5. The Bertz CT molecular complexity index is 221. The van der Waals surface area contributed by atoms with Gasteiger partial charge in [-0.1, -0.05) is 0 Å². The summed E-state index contributed by atoms with van der Waals surface area (Å²) in [7, 11) is 1.26. The zero-order valence-corrected chi connectivity index (χ0v) is 8.61. The minimum atomic E-state index is -1.09. The number of esters is 1. The number of rotatable bonds is 5. The predicted molar refractivity (Wildman–Crippen MR) is 48.7 cm³/mol. The zero-order valence-electron chi connectivity index (χ0n) is 8.61. The Morgan fingerprint density at radius 1 is 1.43 bits per heavy atom. The highest BCUT2D eigenvalue weighted by molar-refractivity contribution is 5.76. The molecule has 0 aliphatic carbocycles. The molecule has 0 amide bonds. The van der Waals surface area contributed by atoms with Crippen LogP contribution in [0.4, 0.5) is 0 Å². The van der Waals surface area contributed by atoms with Crippen LogP contribution in [0.15, 0.2) is 0 Å². The first-order valence-corrected chi connectivity index (χ1v) is 4.28. The molecule has 0 aromatic heterocycles. The van der Waals surface area contributed by atoms with Gasteiger partial charge in [0, 0.05) is 0 Å². The van der Waals surface area contributed by atoms with Gasteiger partial charge in [-0.05, 0) is 20.3 Å². The number of carbonyl (C=O) groups is 2. The smallest absolute Gasteiger partial charge is 0.311 e. The molecule has 0 heterocycles. The van der Waals surface area contributed by atoms with Crippen molar-refractivity contribution in [2.75, 3.05) is 7.11 Å². The predicted octanol–water partition coefficient (Wildman–Crippen LogP) is 0.411. The molecule has 0 aliphatic rings. The molecule has 2 N–H and O–H groups in total. The van der Waals surface area contributed by atoms with E-state index in [1.54, 1.807) is 13.8 Å². The molecule has 1 atom stereocenters. The molecule has 0 aliphatic heterocycles. The number of aliphatic hydroxyl groups excluding tert-OH is 1. The summed E-state index contributed by atoms with van der Waals surface area (Å²) in [5.74, 6) is -1.54. The molecule has 0 radical (unpaired) electrons. The van der Waals surface area contributed by atoms with Crippen molar-refractivity contribution in [3.05, 3.63) is 0 Å². The normalized spacial score (nSPS) is 13.4. The van der Waals surface area contributed by atoms with Crippen LogP contribution in [-0.4, -0.2) is 35.4 Å². The largest absolute Gasteiger partial charge is 0.481 e. The molecule has 0 aromatic rings. The fourth-order valence-electron chi connectivity index (χ4n) is 1.22. The van der Waals surface area contributed by atoms with Crippen molar-refractivity contribution < 1.29 is 24.5 Å². The molecule has 1 unspecified atom stereocenters. The van der Waals surface area contributed by atoms with Crippen LogP contribution in [-0.2, 0) is 14.3 Å². The maximum absolute atomic E-state index is 11.2. The van der Waals surface area contributed by atoms with Crippen LogP contribution in [0.3, 0.4) is 0 Å². The molecule has 82 valence electrons. The van der Waals surface area contributed by atoms with E-state index >= 15 is 0 Å². The number of methoxy groups -OCH3 is 1. The average molecular weight is 204 g/mol. The number of carboxylic acids is 1. The van der Waals surface area contributed by atoms with Crippen LogP contribution in [0.2, 0.25) is 0 Å². The Balaban J connectivity index is 4.21. The Labute approximate surface area is 82.7 Å². The Morgan fingerprint density at radius 2 is 1.93 bits per heavy atom. The number of aliphatic hydroxyl groups is 1. The van der Waals surface area contributed by atoms with Gasteiger partial charge in [-0.3, -0.25) is 9.59 Å². The first-order valence-electron chi connectivity index (χ1n) is 4.28. The van der Waals surface area contributed by atoms with Crippen molar-refractivity contribution in [3.8, 4) is 0 Å². The van der Waals surface area contributed by atoms with Crippen LogP contribution >= 0.6 is 0 Å². The summed E-state index contributed by atoms with van der Waals surface area (Å²) in [6.45, 7) is 3.20.